The standard InChI is InChI=1S/C19H15.3C2H5.Pb/c1-4-10-16(11-5-1)19(17-12-6-2-7-13-17)18-14-8-3-9-15-18;3*1-2;/h1-15H;3*1H2,2H3;. The Kier molecular flexibility index (Phi) is 6.34. The maximum absolute atomic E-state index is 2.84. The topological polar surface area (TPSA) is 0 Å². The maximum atomic E-state index is 2.46. The molecule has 0 atom stereocenters. The van der Waals surface area contributed by atoms with E-state index in [1.54, 1.807) is 0 Å². The van der Waals surface area contributed by atoms with Gasteiger partial charge in [-0.1, -0.05) is 0 Å². The molecule has 3 aromatic carbocycles. The molecular formula is C25H30Pb. The van der Waals surface area contributed by atoms with Gasteiger partial charge in [-0.15, -0.1) is 0 Å². The molecule has 0 nitrogen and oxygen atoms in total. The van der Waals surface area contributed by atoms with Crippen molar-refractivity contribution in [2.75, 3.05) is 0 Å². The van der Waals surface area contributed by atoms with E-state index in [4.69, 9.17) is 0 Å². The van der Waals surface area contributed by atoms with Crippen molar-refractivity contribution in [2.45, 2.75) is 35.7 Å². The zero-order valence-corrected chi connectivity index (χ0v) is 20.2. The van der Waals surface area contributed by atoms with E-state index in [0.717, 1.165) is 0 Å². The summed E-state index contributed by atoms with van der Waals surface area (Å²) >= 11 is -2.84. The molecule has 0 aliphatic rings. The molecule has 3 rings (SSSR count). The molecular weight excluding hydrogens is 507 g/mol. The Morgan fingerprint density at radius 1 is 0.500 bits per heavy atom. The van der Waals surface area contributed by atoms with Crippen molar-refractivity contribution in [1.82, 2.24) is 0 Å². The number of hydrogen-bond donors (Lipinski definition) is 0. The third kappa shape index (κ3) is 3.06. The minimum absolute atomic E-state index is 0.0645. The van der Waals surface area contributed by atoms with E-state index in [9.17, 15) is 0 Å². The zero-order valence-electron chi connectivity index (χ0n) is 16.3. The fourth-order valence-electron chi connectivity index (χ4n) is 5.03. The van der Waals surface area contributed by atoms with E-state index >= 15 is 0 Å². The molecule has 0 aliphatic carbocycles. The molecule has 0 amide bonds. The third-order valence-corrected chi connectivity index (χ3v) is 31.8. The Balaban J connectivity index is 2.47. The summed E-state index contributed by atoms with van der Waals surface area (Å²) in [5.41, 5.74) is 4.47. The summed E-state index contributed by atoms with van der Waals surface area (Å²) in [6, 6.07) is 34.0. The Labute approximate surface area is 163 Å². The van der Waals surface area contributed by atoms with E-state index in [1.165, 1.54) is 28.6 Å². The van der Waals surface area contributed by atoms with E-state index in [1.807, 2.05) is 0 Å². The fraction of sp³-hybridized carbons (Fsp3) is 0.280. The van der Waals surface area contributed by atoms with E-state index in [2.05, 4.69) is 112 Å². The molecule has 0 unspecified atom stereocenters. The molecule has 0 N–H and O–H groups in total. The molecule has 0 heterocycles. The average molecular weight is 538 g/mol. The Bertz CT molecular complexity index is 684. The van der Waals surface area contributed by atoms with E-state index in [-0.39, 0.29) is 2.97 Å². The van der Waals surface area contributed by atoms with Gasteiger partial charge in [0.05, 0.1) is 0 Å². The van der Waals surface area contributed by atoms with Gasteiger partial charge in [0, 0.05) is 0 Å². The Morgan fingerprint density at radius 2 is 0.769 bits per heavy atom. The van der Waals surface area contributed by atoms with Crippen molar-refractivity contribution in [3.63, 3.8) is 0 Å². The van der Waals surface area contributed by atoms with Crippen molar-refractivity contribution in [3.05, 3.63) is 108 Å². The van der Waals surface area contributed by atoms with Crippen molar-refractivity contribution >= 4 is 21.2 Å². The molecule has 0 aromatic heterocycles. The van der Waals surface area contributed by atoms with Crippen LogP contribution in [0.1, 0.15) is 37.5 Å². The first kappa shape index (κ1) is 19.3. The fourth-order valence-corrected chi connectivity index (χ4v) is 26.1. The summed E-state index contributed by atoms with van der Waals surface area (Å²) in [5, 5.41) is 0. The molecule has 0 saturated heterocycles. The van der Waals surface area contributed by atoms with Gasteiger partial charge < -0.3 is 0 Å². The predicted octanol–water partition coefficient (Wildman–Crippen LogP) is 7.07. The molecule has 0 fully saturated rings. The predicted molar refractivity (Wildman–Crippen MR) is 116 cm³/mol. The monoisotopic (exact) mass is 538 g/mol. The Morgan fingerprint density at radius 3 is 1.00 bits per heavy atom. The Hall–Kier alpha value is -1.42. The molecule has 0 radical (unpaired) electrons. The first-order chi connectivity index (χ1) is 12.7. The molecule has 3 aromatic rings. The van der Waals surface area contributed by atoms with Crippen molar-refractivity contribution in [3.8, 4) is 0 Å². The van der Waals surface area contributed by atoms with Crippen molar-refractivity contribution in [1.29, 1.82) is 0 Å². The molecule has 0 saturated carbocycles. The molecule has 26 heavy (non-hydrogen) atoms. The molecule has 0 spiro atoms. The molecule has 0 bridgehead atoms. The van der Waals surface area contributed by atoms with Crippen molar-refractivity contribution in [2.24, 2.45) is 0 Å². The summed E-state index contributed by atoms with van der Waals surface area (Å²) in [6.45, 7) is 7.37. The van der Waals surface area contributed by atoms with E-state index in [0.29, 0.717) is 0 Å². The quantitative estimate of drug-likeness (QED) is 0.223. The van der Waals surface area contributed by atoms with Gasteiger partial charge in [0.25, 0.3) is 0 Å². The zero-order chi connectivity index (χ0) is 18.5. The summed E-state index contributed by atoms with van der Waals surface area (Å²) in [6.07, 6.45) is 0. The average Bonchev–Trinajstić information content (AvgIpc) is 2.74. The van der Waals surface area contributed by atoms with Gasteiger partial charge in [-0.05, 0) is 0 Å². The molecule has 134 valence electrons. The first-order valence-electron chi connectivity index (χ1n) is 9.91. The van der Waals surface area contributed by atoms with Crippen LogP contribution in [-0.2, 0) is 2.97 Å². The van der Waals surface area contributed by atoms with Gasteiger partial charge in [-0.25, -0.2) is 0 Å². The van der Waals surface area contributed by atoms with Crippen LogP contribution in [0.3, 0.4) is 0 Å². The first-order valence-corrected chi connectivity index (χ1v) is 20.1. The van der Waals surface area contributed by atoms with Crippen LogP contribution in [0, 0.1) is 0 Å². The van der Waals surface area contributed by atoms with Gasteiger partial charge in [-0.2, -0.15) is 0 Å². The summed E-state index contributed by atoms with van der Waals surface area (Å²) in [7, 11) is 0. The van der Waals surface area contributed by atoms with Crippen LogP contribution in [0.25, 0.3) is 0 Å². The summed E-state index contributed by atoms with van der Waals surface area (Å²) in [5.74, 6) is 0. The second-order valence-electron chi connectivity index (χ2n) is 7.19. The van der Waals surface area contributed by atoms with Crippen LogP contribution in [0.15, 0.2) is 91.0 Å². The van der Waals surface area contributed by atoms with Gasteiger partial charge in [0.15, 0.2) is 0 Å². The van der Waals surface area contributed by atoms with Gasteiger partial charge in [-0.3, -0.25) is 0 Å². The number of benzene rings is 3. The SMILES string of the molecule is C[CH2][Pb]([CH2]C)([CH2]C)[C](c1ccccc1)(c1ccccc1)c1ccccc1. The van der Waals surface area contributed by atoms with Gasteiger partial charge >= 0.3 is 165 Å². The second kappa shape index (κ2) is 8.51. The summed E-state index contributed by atoms with van der Waals surface area (Å²) in [4.78, 5) is 0. The van der Waals surface area contributed by atoms with Crippen LogP contribution in [-0.4, -0.2) is 21.2 Å². The van der Waals surface area contributed by atoms with Crippen LogP contribution in [0.2, 0.25) is 11.9 Å². The minimum atomic E-state index is -2.84. The van der Waals surface area contributed by atoms with Crippen LogP contribution in [0.5, 0.6) is 0 Å². The van der Waals surface area contributed by atoms with Crippen LogP contribution >= 0.6 is 0 Å². The van der Waals surface area contributed by atoms with Gasteiger partial charge in [0.1, 0.15) is 0 Å². The third-order valence-electron chi connectivity index (χ3n) is 6.45. The van der Waals surface area contributed by atoms with E-state index < -0.39 is 21.2 Å². The summed E-state index contributed by atoms with van der Waals surface area (Å²) < 4.78 is 4.14. The second-order valence-corrected chi connectivity index (χ2v) is 28.3. The van der Waals surface area contributed by atoms with Crippen LogP contribution < -0.4 is 0 Å². The van der Waals surface area contributed by atoms with Gasteiger partial charge in [0.2, 0.25) is 0 Å². The van der Waals surface area contributed by atoms with Crippen molar-refractivity contribution < 1.29 is 0 Å². The molecule has 0 aliphatic heterocycles. The van der Waals surface area contributed by atoms with Crippen LogP contribution in [0.4, 0.5) is 0 Å². The normalized spacial score (nSPS) is 12.1. The number of hydrogen-bond acceptors (Lipinski definition) is 0. The molecule has 1 heteroatoms. The number of rotatable bonds is 7.